The van der Waals surface area contributed by atoms with E-state index in [-0.39, 0.29) is 0 Å². The number of likely N-dealkylation sites (N-methyl/N-ethyl adjacent to an activating group) is 1. The van der Waals surface area contributed by atoms with Crippen molar-refractivity contribution in [3.05, 3.63) is 24.5 Å². The molecule has 0 bridgehead atoms. The largest absolute Gasteiger partial charge is 0.358 e. The Bertz CT molecular complexity index is 499. The first kappa shape index (κ1) is 12.7. The fraction of sp³-hybridized carbons (Fsp3) is 0.462. The number of anilines is 1. The summed E-state index contributed by atoms with van der Waals surface area (Å²) in [4.78, 5) is 15.1. The molecule has 2 aromatic rings. The maximum absolute atomic E-state index is 4.50. The van der Waals surface area contributed by atoms with Crippen LogP contribution in [0.1, 0.15) is 13.3 Å². The van der Waals surface area contributed by atoms with E-state index in [4.69, 9.17) is 0 Å². The molecule has 0 aliphatic heterocycles. The molecular weight excluding hydrogens is 226 g/mol. The first-order valence-electron chi connectivity index (χ1n) is 6.31. The van der Waals surface area contributed by atoms with Crippen molar-refractivity contribution in [1.82, 2.24) is 20.3 Å². The monoisotopic (exact) mass is 245 g/mol. The highest BCUT2D eigenvalue weighted by Gasteiger charge is 2.04. The molecule has 0 unspecified atom stereocenters. The van der Waals surface area contributed by atoms with Gasteiger partial charge in [0.25, 0.3) is 0 Å². The Kier molecular flexibility index (Phi) is 4.41. The van der Waals surface area contributed by atoms with Gasteiger partial charge in [0.1, 0.15) is 11.3 Å². The van der Waals surface area contributed by atoms with Crippen LogP contribution in [0.25, 0.3) is 11.2 Å². The van der Waals surface area contributed by atoms with Gasteiger partial charge in [-0.25, -0.2) is 9.97 Å². The average molecular weight is 245 g/mol. The number of hydrogen-bond acceptors (Lipinski definition) is 5. The molecule has 0 aliphatic carbocycles. The third-order valence-electron chi connectivity index (χ3n) is 2.76. The van der Waals surface area contributed by atoms with Gasteiger partial charge < -0.3 is 10.2 Å². The summed E-state index contributed by atoms with van der Waals surface area (Å²) < 4.78 is 0. The summed E-state index contributed by atoms with van der Waals surface area (Å²) in [5.74, 6) is 0.932. The lowest BCUT2D eigenvalue weighted by Gasteiger charge is -2.18. The SMILES string of the molecule is CCCNCCN(C)c1ccc2nccnc2n1. The molecule has 2 heterocycles. The van der Waals surface area contributed by atoms with Gasteiger partial charge in [-0.15, -0.1) is 0 Å². The van der Waals surface area contributed by atoms with Crippen LogP contribution < -0.4 is 10.2 Å². The quantitative estimate of drug-likeness (QED) is 0.781. The lowest BCUT2D eigenvalue weighted by atomic mass is 10.3. The number of nitrogens with one attached hydrogen (secondary N) is 1. The number of rotatable bonds is 6. The summed E-state index contributed by atoms with van der Waals surface area (Å²) >= 11 is 0. The van der Waals surface area contributed by atoms with Crippen LogP contribution in [0.3, 0.4) is 0 Å². The van der Waals surface area contributed by atoms with Gasteiger partial charge in [-0.05, 0) is 25.1 Å². The van der Waals surface area contributed by atoms with Crippen LogP contribution in [0.4, 0.5) is 5.82 Å². The molecule has 0 amide bonds. The Morgan fingerprint density at radius 1 is 1.17 bits per heavy atom. The number of hydrogen-bond donors (Lipinski definition) is 1. The number of nitrogens with zero attached hydrogens (tertiary/aromatic N) is 4. The molecule has 0 atom stereocenters. The molecule has 5 nitrogen and oxygen atoms in total. The number of fused-ring (bicyclic) bond motifs is 1. The lowest BCUT2D eigenvalue weighted by molar-refractivity contribution is 0.664. The number of aromatic nitrogens is 3. The highest BCUT2D eigenvalue weighted by atomic mass is 15.2. The van der Waals surface area contributed by atoms with Gasteiger partial charge in [-0.2, -0.15) is 0 Å². The van der Waals surface area contributed by atoms with Crippen molar-refractivity contribution in [3.8, 4) is 0 Å². The predicted molar refractivity (Wildman–Crippen MR) is 73.8 cm³/mol. The Morgan fingerprint density at radius 2 is 2.00 bits per heavy atom. The van der Waals surface area contributed by atoms with E-state index < -0.39 is 0 Å². The van der Waals surface area contributed by atoms with E-state index in [9.17, 15) is 0 Å². The van der Waals surface area contributed by atoms with Crippen molar-refractivity contribution < 1.29 is 0 Å². The van der Waals surface area contributed by atoms with Crippen molar-refractivity contribution in [3.63, 3.8) is 0 Å². The maximum Gasteiger partial charge on any atom is 0.180 e. The summed E-state index contributed by atoms with van der Waals surface area (Å²) in [6.45, 7) is 5.12. The van der Waals surface area contributed by atoms with E-state index in [1.54, 1.807) is 12.4 Å². The van der Waals surface area contributed by atoms with Crippen molar-refractivity contribution in [2.24, 2.45) is 0 Å². The summed E-state index contributed by atoms with van der Waals surface area (Å²) in [7, 11) is 2.04. The normalized spacial score (nSPS) is 10.8. The molecule has 0 saturated carbocycles. The van der Waals surface area contributed by atoms with Crippen LogP contribution in [0.15, 0.2) is 24.5 Å². The van der Waals surface area contributed by atoms with Crippen LogP contribution in [0, 0.1) is 0 Å². The molecule has 96 valence electrons. The van der Waals surface area contributed by atoms with Crippen LogP contribution in [0.5, 0.6) is 0 Å². The van der Waals surface area contributed by atoms with E-state index in [0.717, 1.165) is 37.4 Å². The molecule has 0 radical (unpaired) electrons. The van der Waals surface area contributed by atoms with Crippen LogP contribution in [-0.4, -0.2) is 41.6 Å². The molecule has 5 heteroatoms. The molecule has 2 aromatic heterocycles. The summed E-state index contributed by atoms with van der Waals surface area (Å²) in [5, 5.41) is 3.38. The van der Waals surface area contributed by atoms with E-state index in [0.29, 0.717) is 5.65 Å². The molecule has 0 aromatic carbocycles. The fourth-order valence-corrected chi connectivity index (χ4v) is 1.72. The van der Waals surface area contributed by atoms with E-state index in [1.165, 1.54) is 0 Å². The highest BCUT2D eigenvalue weighted by molar-refractivity contribution is 5.71. The Morgan fingerprint density at radius 3 is 2.83 bits per heavy atom. The Balaban J connectivity index is 2.01. The molecule has 2 rings (SSSR count). The third kappa shape index (κ3) is 3.13. The minimum absolute atomic E-state index is 0.698. The molecule has 1 N–H and O–H groups in total. The Hall–Kier alpha value is -1.75. The molecular formula is C13H19N5. The molecule has 0 spiro atoms. The standard InChI is InChI=1S/C13H19N5/c1-3-6-14-9-10-18(2)12-5-4-11-13(17-12)16-8-7-15-11/h4-5,7-8,14H,3,6,9-10H2,1-2H3. The highest BCUT2D eigenvalue weighted by Crippen LogP contribution is 2.12. The summed E-state index contributed by atoms with van der Waals surface area (Å²) in [6, 6.07) is 3.94. The van der Waals surface area contributed by atoms with Crippen molar-refractivity contribution in [2.75, 3.05) is 31.6 Å². The number of pyridine rings is 1. The fourth-order valence-electron chi connectivity index (χ4n) is 1.72. The second-order valence-corrected chi connectivity index (χ2v) is 4.24. The minimum atomic E-state index is 0.698. The molecule has 0 aliphatic rings. The second-order valence-electron chi connectivity index (χ2n) is 4.24. The van der Waals surface area contributed by atoms with Gasteiger partial charge in [0, 0.05) is 32.5 Å². The summed E-state index contributed by atoms with van der Waals surface area (Å²) in [5.41, 5.74) is 1.53. The molecule has 0 saturated heterocycles. The first-order chi connectivity index (χ1) is 8.81. The zero-order chi connectivity index (χ0) is 12.8. The van der Waals surface area contributed by atoms with Gasteiger partial charge in [0.2, 0.25) is 0 Å². The van der Waals surface area contributed by atoms with Gasteiger partial charge in [0.15, 0.2) is 5.65 Å². The van der Waals surface area contributed by atoms with Crippen molar-refractivity contribution >= 4 is 17.0 Å². The molecule has 18 heavy (non-hydrogen) atoms. The third-order valence-corrected chi connectivity index (χ3v) is 2.76. The van der Waals surface area contributed by atoms with Crippen LogP contribution in [0.2, 0.25) is 0 Å². The van der Waals surface area contributed by atoms with Gasteiger partial charge >= 0.3 is 0 Å². The zero-order valence-electron chi connectivity index (χ0n) is 10.9. The summed E-state index contributed by atoms with van der Waals surface area (Å²) in [6.07, 6.45) is 4.51. The zero-order valence-corrected chi connectivity index (χ0v) is 10.9. The topological polar surface area (TPSA) is 53.9 Å². The lowest BCUT2D eigenvalue weighted by Crippen LogP contribution is -2.30. The Labute approximate surface area is 107 Å². The van der Waals surface area contributed by atoms with E-state index >= 15 is 0 Å². The predicted octanol–water partition coefficient (Wildman–Crippen LogP) is 1.46. The molecule has 0 fully saturated rings. The maximum atomic E-state index is 4.50. The van der Waals surface area contributed by atoms with Crippen LogP contribution >= 0.6 is 0 Å². The van der Waals surface area contributed by atoms with E-state index in [2.05, 4.69) is 32.1 Å². The van der Waals surface area contributed by atoms with Crippen molar-refractivity contribution in [1.29, 1.82) is 0 Å². The minimum Gasteiger partial charge on any atom is -0.358 e. The average Bonchev–Trinajstić information content (AvgIpc) is 2.43. The van der Waals surface area contributed by atoms with Gasteiger partial charge in [-0.3, -0.25) is 4.98 Å². The van der Waals surface area contributed by atoms with Gasteiger partial charge in [-0.1, -0.05) is 6.92 Å². The smallest absolute Gasteiger partial charge is 0.180 e. The van der Waals surface area contributed by atoms with E-state index in [1.807, 2.05) is 19.2 Å². The van der Waals surface area contributed by atoms with Crippen molar-refractivity contribution in [2.45, 2.75) is 13.3 Å². The second kappa shape index (κ2) is 6.26. The van der Waals surface area contributed by atoms with Crippen LogP contribution in [-0.2, 0) is 0 Å². The van der Waals surface area contributed by atoms with Gasteiger partial charge in [0.05, 0.1) is 0 Å². The first-order valence-corrected chi connectivity index (χ1v) is 6.31.